The topological polar surface area (TPSA) is 88.2 Å². The van der Waals surface area contributed by atoms with Crippen LogP contribution >= 0.6 is 0 Å². The molecule has 2 rings (SSSR count). The first-order valence-corrected chi connectivity index (χ1v) is 8.58. The van der Waals surface area contributed by atoms with E-state index in [4.69, 9.17) is 0 Å². The molecule has 1 atom stereocenters. The summed E-state index contributed by atoms with van der Waals surface area (Å²) >= 11 is 0. The molecule has 0 saturated carbocycles. The first kappa shape index (κ1) is 17.1. The zero-order valence-corrected chi connectivity index (χ0v) is 14.0. The highest BCUT2D eigenvalue weighted by Crippen LogP contribution is 2.17. The van der Waals surface area contributed by atoms with Gasteiger partial charge in [0.1, 0.15) is 0 Å². The number of carbonyl (C=O) groups is 1. The third kappa shape index (κ3) is 3.94. The maximum Gasteiger partial charge on any atom is 0.252 e. The molecule has 6 nitrogen and oxygen atoms in total. The molecular formula is C16H19N3O3S. The van der Waals surface area contributed by atoms with Crippen molar-refractivity contribution in [3.8, 4) is 0 Å². The summed E-state index contributed by atoms with van der Waals surface area (Å²) in [5.74, 6) is -0.327. The lowest BCUT2D eigenvalue weighted by Crippen LogP contribution is -2.28. The molecule has 122 valence electrons. The number of pyridine rings is 1. The second-order valence-electron chi connectivity index (χ2n) is 5.17. The summed E-state index contributed by atoms with van der Waals surface area (Å²) in [6.45, 7) is 3.61. The molecule has 0 aliphatic carbocycles. The molecule has 0 saturated heterocycles. The minimum Gasteiger partial charge on any atom is -0.345 e. The average Bonchev–Trinajstić information content (AvgIpc) is 2.55. The van der Waals surface area contributed by atoms with Crippen LogP contribution in [0.25, 0.3) is 0 Å². The largest absolute Gasteiger partial charge is 0.345 e. The maximum atomic E-state index is 12.5. The van der Waals surface area contributed by atoms with Gasteiger partial charge in [-0.2, -0.15) is 0 Å². The normalized spacial score (nSPS) is 12.7. The number of amides is 1. The van der Waals surface area contributed by atoms with E-state index in [0.29, 0.717) is 11.1 Å². The standard InChI is InChI=1S/C16H19N3O3S/c1-11-6-7-14(23(21,22)17-3)9-15(11)16(20)19-12(2)13-5-4-8-18-10-13/h4-10,12,17H,1-3H3,(H,19,20). The molecule has 1 heterocycles. The van der Waals surface area contributed by atoms with Gasteiger partial charge in [0, 0.05) is 18.0 Å². The van der Waals surface area contributed by atoms with Crippen LogP contribution in [0.15, 0.2) is 47.6 Å². The molecule has 1 aromatic carbocycles. The number of nitrogens with one attached hydrogen (secondary N) is 2. The molecule has 1 unspecified atom stereocenters. The predicted molar refractivity (Wildman–Crippen MR) is 87.5 cm³/mol. The first-order chi connectivity index (χ1) is 10.8. The number of aryl methyl sites for hydroxylation is 1. The van der Waals surface area contributed by atoms with Crippen molar-refractivity contribution in [1.82, 2.24) is 15.0 Å². The second-order valence-corrected chi connectivity index (χ2v) is 7.05. The number of hydrogen-bond acceptors (Lipinski definition) is 4. The Bertz CT molecular complexity index is 805. The summed E-state index contributed by atoms with van der Waals surface area (Å²) in [7, 11) is -2.26. The van der Waals surface area contributed by atoms with Gasteiger partial charge in [0.05, 0.1) is 10.9 Å². The van der Waals surface area contributed by atoms with Crippen molar-refractivity contribution >= 4 is 15.9 Å². The van der Waals surface area contributed by atoms with E-state index in [1.807, 2.05) is 13.0 Å². The van der Waals surface area contributed by atoms with Crippen molar-refractivity contribution in [2.45, 2.75) is 24.8 Å². The molecule has 0 aliphatic heterocycles. The van der Waals surface area contributed by atoms with E-state index in [2.05, 4.69) is 15.0 Å². The van der Waals surface area contributed by atoms with Crippen LogP contribution in [0.4, 0.5) is 0 Å². The minimum atomic E-state index is -3.59. The van der Waals surface area contributed by atoms with Crippen LogP contribution in [0.5, 0.6) is 0 Å². The SMILES string of the molecule is CNS(=O)(=O)c1ccc(C)c(C(=O)NC(C)c2cccnc2)c1. The molecule has 7 heteroatoms. The molecule has 1 amide bonds. The van der Waals surface area contributed by atoms with Gasteiger partial charge in [-0.05, 0) is 50.2 Å². The van der Waals surface area contributed by atoms with Crippen LogP contribution in [0.2, 0.25) is 0 Å². The quantitative estimate of drug-likeness (QED) is 0.873. The van der Waals surface area contributed by atoms with Crippen molar-refractivity contribution < 1.29 is 13.2 Å². The molecule has 0 spiro atoms. The third-order valence-electron chi connectivity index (χ3n) is 3.56. The fourth-order valence-corrected chi connectivity index (χ4v) is 2.88. The van der Waals surface area contributed by atoms with Crippen LogP contribution < -0.4 is 10.0 Å². The monoisotopic (exact) mass is 333 g/mol. The highest BCUT2D eigenvalue weighted by atomic mass is 32.2. The van der Waals surface area contributed by atoms with Crippen LogP contribution in [-0.4, -0.2) is 26.4 Å². The van der Waals surface area contributed by atoms with Gasteiger partial charge in [-0.1, -0.05) is 12.1 Å². The van der Waals surface area contributed by atoms with Crippen molar-refractivity contribution in [3.05, 3.63) is 59.4 Å². The molecule has 0 fully saturated rings. The van der Waals surface area contributed by atoms with Crippen molar-refractivity contribution in [2.75, 3.05) is 7.05 Å². The second kappa shape index (κ2) is 6.89. The summed E-state index contributed by atoms with van der Waals surface area (Å²) in [5, 5.41) is 2.86. The predicted octanol–water partition coefficient (Wildman–Crippen LogP) is 1.79. The van der Waals surface area contributed by atoms with E-state index in [-0.39, 0.29) is 16.8 Å². The van der Waals surface area contributed by atoms with E-state index >= 15 is 0 Å². The van der Waals surface area contributed by atoms with Gasteiger partial charge >= 0.3 is 0 Å². The van der Waals surface area contributed by atoms with E-state index in [9.17, 15) is 13.2 Å². The number of aromatic nitrogens is 1. The molecular weight excluding hydrogens is 314 g/mol. The molecule has 2 N–H and O–H groups in total. The molecule has 23 heavy (non-hydrogen) atoms. The number of carbonyl (C=O) groups excluding carboxylic acids is 1. The van der Waals surface area contributed by atoms with Gasteiger partial charge in [0.2, 0.25) is 10.0 Å². The number of nitrogens with zero attached hydrogens (tertiary/aromatic N) is 1. The zero-order valence-electron chi connectivity index (χ0n) is 13.2. The Morgan fingerprint density at radius 2 is 2.00 bits per heavy atom. The highest BCUT2D eigenvalue weighted by molar-refractivity contribution is 7.89. The van der Waals surface area contributed by atoms with Gasteiger partial charge in [0.15, 0.2) is 0 Å². The Morgan fingerprint density at radius 3 is 2.61 bits per heavy atom. The molecule has 1 aromatic heterocycles. The lowest BCUT2D eigenvalue weighted by atomic mass is 10.1. The van der Waals surface area contributed by atoms with Crippen molar-refractivity contribution in [3.63, 3.8) is 0 Å². The third-order valence-corrected chi connectivity index (χ3v) is 4.98. The smallest absolute Gasteiger partial charge is 0.252 e. The zero-order chi connectivity index (χ0) is 17.0. The number of sulfonamides is 1. The fraction of sp³-hybridized carbons (Fsp3) is 0.250. The Kier molecular flexibility index (Phi) is 5.12. The number of hydrogen-bond donors (Lipinski definition) is 2. The number of rotatable bonds is 5. The van der Waals surface area contributed by atoms with Crippen LogP contribution in [0.3, 0.4) is 0 Å². The van der Waals surface area contributed by atoms with Crippen LogP contribution in [0.1, 0.15) is 34.5 Å². The summed E-state index contributed by atoms with van der Waals surface area (Å²) in [6.07, 6.45) is 3.34. The molecule has 0 bridgehead atoms. The fourth-order valence-electron chi connectivity index (χ4n) is 2.12. The van der Waals surface area contributed by atoms with Crippen LogP contribution in [-0.2, 0) is 10.0 Å². The Balaban J connectivity index is 2.27. The Morgan fingerprint density at radius 1 is 1.26 bits per heavy atom. The van der Waals surface area contributed by atoms with Gasteiger partial charge in [-0.3, -0.25) is 9.78 Å². The average molecular weight is 333 g/mol. The van der Waals surface area contributed by atoms with E-state index in [0.717, 1.165) is 5.56 Å². The van der Waals surface area contributed by atoms with E-state index in [1.54, 1.807) is 31.5 Å². The Labute approximate surface area is 136 Å². The lowest BCUT2D eigenvalue weighted by Gasteiger charge is -2.15. The van der Waals surface area contributed by atoms with E-state index in [1.165, 1.54) is 19.2 Å². The summed E-state index contributed by atoms with van der Waals surface area (Å²) in [6, 6.07) is 7.90. The molecule has 2 aromatic rings. The first-order valence-electron chi connectivity index (χ1n) is 7.10. The van der Waals surface area contributed by atoms with Crippen LogP contribution in [0, 0.1) is 6.92 Å². The minimum absolute atomic E-state index is 0.0600. The summed E-state index contributed by atoms with van der Waals surface area (Å²) in [5.41, 5.74) is 1.91. The van der Waals surface area contributed by atoms with Crippen molar-refractivity contribution in [2.24, 2.45) is 0 Å². The van der Waals surface area contributed by atoms with E-state index < -0.39 is 10.0 Å². The highest BCUT2D eigenvalue weighted by Gasteiger charge is 2.18. The lowest BCUT2D eigenvalue weighted by molar-refractivity contribution is 0.0939. The van der Waals surface area contributed by atoms with Gasteiger partial charge < -0.3 is 5.32 Å². The van der Waals surface area contributed by atoms with Crippen molar-refractivity contribution in [1.29, 1.82) is 0 Å². The van der Waals surface area contributed by atoms with Gasteiger partial charge in [-0.15, -0.1) is 0 Å². The maximum absolute atomic E-state index is 12.5. The Hall–Kier alpha value is -2.25. The van der Waals surface area contributed by atoms with Gasteiger partial charge in [0.25, 0.3) is 5.91 Å². The van der Waals surface area contributed by atoms with Gasteiger partial charge in [-0.25, -0.2) is 13.1 Å². The number of benzene rings is 1. The summed E-state index contributed by atoms with van der Waals surface area (Å²) < 4.78 is 26.0. The molecule has 0 aliphatic rings. The molecule has 0 radical (unpaired) electrons. The summed E-state index contributed by atoms with van der Waals surface area (Å²) in [4.78, 5) is 16.6.